The van der Waals surface area contributed by atoms with Gasteiger partial charge in [0, 0.05) is 25.1 Å². The van der Waals surface area contributed by atoms with Crippen molar-refractivity contribution in [1.29, 1.82) is 0 Å². The molecule has 1 saturated heterocycles. The second-order valence-corrected chi connectivity index (χ2v) is 8.64. The summed E-state index contributed by atoms with van der Waals surface area (Å²) in [6.07, 6.45) is 11.7. The molecule has 2 aliphatic carbocycles. The summed E-state index contributed by atoms with van der Waals surface area (Å²) in [6.45, 7) is 13.5. The maximum Gasteiger partial charge on any atom is 0.494 e. The molecule has 1 unspecified atom stereocenters. The van der Waals surface area contributed by atoms with Crippen molar-refractivity contribution in [3.8, 4) is 0 Å². The molecule has 1 saturated carbocycles. The number of hydrazone groups is 1. The summed E-state index contributed by atoms with van der Waals surface area (Å²) in [5.41, 5.74) is 4.80. The molecule has 0 amide bonds. The smallest absolute Gasteiger partial charge is 0.399 e. The average molecular weight is 350 g/mol. The molecule has 5 heteroatoms. The van der Waals surface area contributed by atoms with Crippen LogP contribution < -0.4 is 0 Å². The van der Waals surface area contributed by atoms with Gasteiger partial charge < -0.3 is 9.31 Å². The molecule has 0 N–H and O–H groups in total. The maximum atomic E-state index is 6.18. The van der Waals surface area contributed by atoms with E-state index < -0.39 is 0 Å². The summed E-state index contributed by atoms with van der Waals surface area (Å²) in [6, 6.07) is 0. The normalized spacial score (nSPS) is 29.3. The van der Waals surface area contributed by atoms with E-state index in [1.807, 2.05) is 24.2 Å². The molecule has 0 bridgehead atoms. The Hall–Kier alpha value is -1.85. The maximum absolute atomic E-state index is 6.18. The minimum atomic E-state index is -0.371. The summed E-state index contributed by atoms with van der Waals surface area (Å²) in [4.78, 5) is 0. The Morgan fingerprint density at radius 2 is 1.85 bits per heavy atom. The molecule has 0 aromatic carbocycles. The van der Waals surface area contributed by atoms with Gasteiger partial charge in [-0.1, -0.05) is 36.5 Å². The highest BCUT2D eigenvalue weighted by atomic mass is 16.7. The molecule has 4 aliphatic rings. The highest BCUT2D eigenvalue weighted by Gasteiger charge is 2.52. The quantitative estimate of drug-likeness (QED) is 0.710. The lowest BCUT2D eigenvalue weighted by Crippen LogP contribution is -2.41. The van der Waals surface area contributed by atoms with Crippen LogP contribution in [-0.4, -0.2) is 42.6 Å². The second kappa shape index (κ2) is 5.83. The van der Waals surface area contributed by atoms with E-state index in [0.29, 0.717) is 5.92 Å². The zero-order chi connectivity index (χ0) is 18.7. The summed E-state index contributed by atoms with van der Waals surface area (Å²) in [5, 5.41) is 6.80. The Balaban J connectivity index is 1.64. The Morgan fingerprint density at radius 1 is 1.15 bits per heavy atom. The molecule has 0 aromatic heterocycles. The molecule has 2 aliphatic heterocycles. The molecule has 26 heavy (non-hydrogen) atoms. The highest BCUT2D eigenvalue weighted by molar-refractivity contribution is 6.55. The van der Waals surface area contributed by atoms with Crippen molar-refractivity contribution in [3.05, 3.63) is 59.2 Å². The van der Waals surface area contributed by atoms with E-state index >= 15 is 0 Å². The summed E-state index contributed by atoms with van der Waals surface area (Å²) in [5.74, 6) is 0.673. The number of allylic oxidation sites excluding steroid dienone is 8. The molecule has 4 nitrogen and oxygen atoms in total. The average Bonchev–Trinajstić information content (AvgIpc) is 3.24. The monoisotopic (exact) mass is 350 g/mol. The van der Waals surface area contributed by atoms with Crippen LogP contribution >= 0.6 is 0 Å². The van der Waals surface area contributed by atoms with Gasteiger partial charge in [0.2, 0.25) is 0 Å². The highest BCUT2D eigenvalue weighted by Crippen LogP contribution is 2.41. The number of rotatable bonds is 2. The van der Waals surface area contributed by atoms with E-state index in [2.05, 4.69) is 52.5 Å². The van der Waals surface area contributed by atoms with Crippen LogP contribution in [0.15, 0.2) is 64.3 Å². The number of hydrogen-bond acceptors (Lipinski definition) is 4. The molecule has 1 atom stereocenters. The Bertz CT molecular complexity index is 798. The third kappa shape index (κ3) is 3.04. The molecule has 136 valence electrons. The van der Waals surface area contributed by atoms with Crippen molar-refractivity contribution >= 4 is 12.8 Å². The van der Waals surface area contributed by atoms with E-state index in [1.54, 1.807) is 0 Å². The molecular weight excluding hydrogens is 323 g/mol. The van der Waals surface area contributed by atoms with Gasteiger partial charge in [0.15, 0.2) is 0 Å². The molecule has 0 radical (unpaired) electrons. The molecule has 2 fully saturated rings. The van der Waals surface area contributed by atoms with Gasteiger partial charge in [0.05, 0.1) is 16.9 Å². The second-order valence-electron chi connectivity index (χ2n) is 8.64. The minimum Gasteiger partial charge on any atom is -0.399 e. The predicted molar refractivity (Wildman–Crippen MR) is 107 cm³/mol. The number of nitrogens with zero attached hydrogens (tertiary/aromatic N) is 2. The van der Waals surface area contributed by atoms with Gasteiger partial charge in [0.1, 0.15) is 0 Å². The van der Waals surface area contributed by atoms with Crippen molar-refractivity contribution in [2.45, 2.75) is 45.3 Å². The van der Waals surface area contributed by atoms with Gasteiger partial charge in [-0.3, -0.25) is 5.01 Å². The van der Waals surface area contributed by atoms with Crippen LogP contribution in [0, 0.1) is 5.92 Å². The topological polar surface area (TPSA) is 34.1 Å². The van der Waals surface area contributed by atoms with E-state index in [0.717, 1.165) is 28.9 Å². The summed E-state index contributed by atoms with van der Waals surface area (Å²) in [7, 11) is 1.67. The molecule has 0 aromatic rings. The number of fused-ring (bicyclic) bond motifs is 1. The fraction of sp³-hybridized carbons (Fsp3) is 0.476. The first kappa shape index (κ1) is 17.6. The van der Waals surface area contributed by atoms with Crippen LogP contribution in [0.3, 0.4) is 0 Å². The van der Waals surface area contributed by atoms with Gasteiger partial charge in [-0.15, -0.1) is 0 Å². The molecular formula is C21H27BN2O2. The third-order valence-corrected chi connectivity index (χ3v) is 6.00. The Morgan fingerprint density at radius 3 is 2.54 bits per heavy atom. The lowest BCUT2D eigenvalue weighted by molar-refractivity contribution is 0.00578. The molecule has 4 rings (SSSR count). The lowest BCUT2D eigenvalue weighted by Gasteiger charge is -2.32. The van der Waals surface area contributed by atoms with Crippen molar-refractivity contribution in [1.82, 2.24) is 5.01 Å². The largest absolute Gasteiger partial charge is 0.494 e. The van der Waals surface area contributed by atoms with Crippen LogP contribution in [0.25, 0.3) is 0 Å². The van der Waals surface area contributed by atoms with Crippen molar-refractivity contribution < 1.29 is 9.31 Å². The Labute approximate surface area is 156 Å². The van der Waals surface area contributed by atoms with Gasteiger partial charge >= 0.3 is 7.12 Å². The zero-order valence-electron chi connectivity index (χ0n) is 16.4. The van der Waals surface area contributed by atoms with Crippen LogP contribution in [0.2, 0.25) is 0 Å². The molecule has 0 spiro atoms. The lowest BCUT2D eigenvalue weighted by atomic mass is 9.78. The predicted octanol–water partition coefficient (Wildman–Crippen LogP) is 3.84. The van der Waals surface area contributed by atoms with Crippen LogP contribution in [0.5, 0.6) is 0 Å². The Kier molecular flexibility index (Phi) is 3.94. The van der Waals surface area contributed by atoms with Crippen LogP contribution in [0.4, 0.5) is 0 Å². The minimum absolute atomic E-state index is 0.346. The van der Waals surface area contributed by atoms with Gasteiger partial charge in [-0.05, 0) is 51.2 Å². The van der Waals surface area contributed by atoms with Crippen molar-refractivity contribution in [2.75, 3.05) is 13.6 Å². The van der Waals surface area contributed by atoms with E-state index in [1.165, 1.54) is 12.0 Å². The standard InChI is InChI=1S/C21H27BN2O2/c1-14-7-8-17(22-25-20(2,3)21(4,5)26-22)9-10-18(14)19-12-15-11-16(15)13-24(6)23-19/h7-10,12,16H,1,11,13H2,2-6H3. The third-order valence-electron chi connectivity index (χ3n) is 6.00. The van der Waals surface area contributed by atoms with Crippen molar-refractivity contribution in [2.24, 2.45) is 11.0 Å². The fourth-order valence-electron chi connectivity index (χ4n) is 3.48. The zero-order valence-corrected chi connectivity index (χ0v) is 16.4. The van der Waals surface area contributed by atoms with Gasteiger partial charge in [0.25, 0.3) is 0 Å². The van der Waals surface area contributed by atoms with Gasteiger partial charge in [-0.25, -0.2) is 0 Å². The van der Waals surface area contributed by atoms with Crippen LogP contribution in [-0.2, 0) is 9.31 Å². The SMILES string of the molecule is C=C1C=CC(B2OC(C)(C)C(C)(C)O2)=CC=C1C1=NN(C)CC2CC2=C1. The molecule has 2 heterocycles. The first-order valence-electron chi connectivity index (χ1n) is 9.32. The van der Waals surface area contributed by atoms with E-state index in [9.17, 15) is 0 Å². The van der Waals surface area contributed by atoms with Gasteiger partial charge in [-0.2, -0.15) is 5.10 Å². The van der Waals surface area contributed by atoms with Crippen LogP contribution in [0.1, 0.15) is 34.1 Å². The fourth-order valence-corrected chi connectivity index (χ4v) is 3.48. The first-order chi connectivity index (χ1) is 12.2. The number of hydrogen-bond donors (Lipinski definition) is 0. The van der Waals surface area contributed by atoms with Crippen molar-refractivity contribution in [3.63, 3.8) is 0 Å². The van der Waals surface area contributed by atoms with E-state index in [-0.39, 0.29) is 18.3 Å². The summed E-state index contributed by atoms with van der Waals surface area (Å²) >= 11 is 0. The van der Waals surface area contributed by atoms with E-state index in [4.69, 9.17) is 14.4 Å². The summed E-state index contributed by atoms with van der Waals surface area (Å²) < 4.78 is 12.4. The first-order valence-corrected chi connectivity index (χ1v) is 9.32.